The Labute approximate surface area is 144 Å². The van der Waals surface area contributed by atoms with E-state index in [4.69, 9.17) is 0 Å². The van der Waals surface area contributed by atoms with Crippen LogP contribution in [0.5, 0.6) is 0 Å². The van der Waals surface area contributed by atoms with E-state index in [0.717, 1.165) is 30.1 Å². The predicted molar refractivity (Wildman–Crippen MR) is 82.0 cm³/mol. The summed E-state index contributed by atoms with van der Waals surface area (Å²) in [7, 11) is 0. The van der Waals surface area contributed by atoms with Crippen LogP contribution in [0.3, 0.4) is 0 Å². The number of benzene rings is 1. The Morgan fingerprint density at radius 1 is 1.12 bits per heavy atom. The molecule has 2 heterocycles. The van der Waals surface area contributed by atoms with E-state index in [1.54, 1.807) is 6.33 Å². The molecule has 1 fully saturated rings. The fraction of sp³-hybridized carbons (Fsp3) is 0.357. The second-order valence-corrected chi connectivity index (χ2v) is 6.53. The molecule has 1 aliphatic rings. The van der Waals surface area contributed by atoms with Gasteiger partial charge in [-0.15, -0.1) is 15.3 Å². The SMILES string of the molecule is FC(F)(F)c1ccc(-n2nnnc2CSc2nncn2C2CC2)cc1. The first-order chi connectivity index (χ1) is 12.0. The van der Waals surface area contributed by atoms with Crippen LogP contribution in [0, 0.1) is 0 Å². The van der Waals surface area contributed by atoms with Gasteiger partial charge in [-0.05, 0) is 47.5 Å². The molecule has 1 saturated carbocycles. The molecule has 0 spiro atoms. The molecule has 11 heteroatoms. The first kappa shape index (κ1) is 16.1. The molecule has 1 aliphatic carbocycles. The second kappa shape index (κ2) is 6.14. The van der Waals surface area contributed by atoms with Crippen molar-refractivity contribution in [3.05, 3.63) is 42.0 Å². The lowest BCUT2D eigenvalue weighted by Gasteiger charge is -2.08. The molecule has 25 heavy (non-hydrogen) atoms. The normalized spacial score (nSPS) is 14.8. The maximum absolute atomic E-state index is 12.7. The topological polar surface area (TPSA) is 74.3 Å². The van der Waals surface area contributed by atoms with Gasteiger partial charge in [0, 0.05) is 6.04 Å². The summed E-state index contributed by atoms with van der Waals surface area (Å²) < 4.78 is 41.4. The molecule has 0 aliphatic heterocycles. The molecule has 0 bridgehead atoms. The molecular formula is C14H12F3N7S. The van der Waals surface area contributed by atoms with E-state index in [0.29, 0.717) is 23.3 Å². The highest BCUT2D eigenvalue weighted by Crippen LogP contribution is 2.37. The summed E-state index contributed by atoms with van der Waals surface area (Å²) in [5.41, 5.74) is -0.241. The van der Waals surface area contributed by atoms with Gasteiger partial charge in [0.05, 0.1) is 17.0 Å². The van der Waals surface area contributed by atoms with Crippen molar-refractivity contribution < 1.29 is 13.2 Å². The van der Waals surface area contributed by atoms with Crippen molar-refractivity contribution >= 4 is 11.8 Å². The Balaban J connectivity index is 1.51. The van der Waals surface area contributed by atoms with Crippen LogP contribution in [0.15, 0.2) is 35.7 Å². The number of hydrogen-bond acceptors (Lipinski definition) is 6. The van der Waals surface area contributed by atoms with E-state index in [2.05, 4.69) is 25.7 Å². The molecule has 3 aromatic rings. The minimum absolute atomic E-state index is 0.430. The summed E-state index contributed by atoms with van der Waals surface area (Å²) in [4.78, 5) is 0. The van der Waals surface area contributed by atoms with E-state index in [9.17, 15) is 13.2 Å². The summed E-state index contributed by atoms with van der Waals surface area (Å²) >= 11 is 1.44. The highest BCUT2D eigenvalue weighted by atomic mass is 32.2. The molecule has 1 aromatic carbocycles. The Hall–Kier alpha value is -2.43. The van der Waals surface area contributed by atoms with Gasteiger partial charge in [0.15, 0.2) is 11.0 Å². The van der Waals surface area contributed by atoms with Crippen LogP contribution in [-0.4, -0.2) is 35.0 Å². The number of tetrazole rings is 1. The van der Waals surface area contributed by atoms with Crippen molar-refractivity contribution in [1.29, 1.82) is 0 Å². The van der Waals surface area contributed by atoms with Crippen molar-refractivity contribution in [2.75, 3.05) is 0 Å². The van der Waals surface area contributed by atoms with Gasteiger partial charge in [-0.1, -0.05) is 11.8 Å². The third-order valence-electron chi connectivity index (χ3n) is 3.78. The number of nitrogens with zero attached hydrogens (tertiary/aromatic N) is 7. The maximum Gasteiger partial charge on any atom is 0.416 e. The van der Waals surface area contributed by atoms with E-state index in [-0.39, 0.29) is 0 Å². The minimum atomic E-state index is -4.37. The number of alkyl halides is 3. The predicted octanol–water partition coefficient (Wildman–Crippen LogP) is 2.90. The van der Waals surface area contributed by atoms with E-state index >= 15 is 0 Å². The average Bonchev–Trinajstić information content (AvgIpc) is 3.14. The number of rotatable bonds is 5. The van der Waals surface area contributed by atoms with Crippen LogP contribution in [0.1, 0.15) is 30.3 Å². The zero-order valence-corrected chi connectivity index (χ0v) is 13.6. The van der Waals surface area contributed by atoms with Gasteiger partial charge in [0.2, 0.25) is 0 Å². The number of halogens is 3. The molecule has 0 unspecified atom stereocenters. The third-order valence-corrected chi connectivity index (χ3v) is 4.74. The van der Waals surface area contributed by atoms with E-state index < -0.39 is 11.7 Å². The molecular weight excluding hydrogens is 355 g/mol. The zero-order valence-electron chi connectivity index (χ0n) is 12.8. The van der Waals surface area contributed by atoms with Crippen molar-refractivity contribution in [3.63, 3.8) is 0 Å². The molecule has 0 saturated heterocycles. The van der Waals surface area contributed by atoms with Gasteiger partial charge < -0.3 is 4.57 Å². The summed E-state index contributed by atoms with van der Waals surface area (Å²) in [5.74, 6) is 0.953. The Morgan fingerprint density at radius 3 is 2.56 bits per heavy atom. The Morgan fingerprint density at radius 2 is 1.88 bits per heavy atom. The van der Waals surface area contributed by atoms with Crippen LogP contribution < -0.4 is 0 Å². The fourth-order valence-electron chi connectivity index (χ4n) is 2.36. The smallest absolute Gasteiger partial charge is 0.306 e. The molecule has 130 valence electrons. The van der Waals surface area contributed by atoms with Crippen molar-refractivity contribution in [1.82, 2.24) is 35.0 Å². The summed E-state index contributed by atoms with van der Waals surface area (Å²) in [6.07, 6.45) is -0.423. The van der Waals surface area contributed by atoms with Gasteiger partial charge in [-0.2, -0.15) is 17.9 Å². The number of hydrogen-bond donors (Lipinski definition) is 0. The first-order valence-electron chi connectivity index (χ1n) is 7.49. The van der Waals surface area contributed by atoms with Crippen LogP contribution in [0.25, 0.3) is 5.69 Å². The molecule has 0 radical (unpaired) electrons. The zero-order chi connectivity index (χ0) is 17.4. The van der Waals surface area contributed by atoms with Gasteiger partial charge in [-0.3, -0.25) is 0 Å². The van der Waals surface area contributed by atoms with Gasteiger partial charge in [0.1, 0.15) is 6.33 Å². The maximum atomic E-state index is 12.7. The lowest BCUT2D eigenvalue weighted by atomic mass is 10.2. The van der Waals surface area contributed by atoms with Crippen LogP contribution in [-0.2, 0) is 11.9 Å². The third kappa shape index (κ3) is 3.36. The highest BCUT2D eigenvalue weighted by molar-refractivity contribution is 7.98. The molecule has 0 N–H and O–H groups in total. The minimum Gasteiger partial charge on any atom is -0.306 e. The van der Waals surface area contributed by atoms with Crippen molar-refractivity contribution in [3.8, 4) is 5.69 Å². The van der Waals surface area contributed by atoms with Gasteiger partial charge >= 0.3 is 6.18 Å². The average molecular weight is 367 g/mol. The van der Waals surface area contributed by atoms with E-state index in [1.807, 2.05) is 4.57 Å². The van der Waals surface area contributed by atoms with Crippen molar-refractivity contribution in [2.24, 2.45) is 0 Å². The van der Waals surface area contributed by atoms with Crippen LogP contribution in [0.2, 0.25) is 0 Å². The lowest BCUT2D eigenvalue weighted by molar-refractivity contribution is -0.137. The van der Waals surface area contributed by atoms with Gasteiger partial charge in [0.25, 0.3) is 0 Å². The first-order valence-corrected chi connectivity index (χ1v) is 8.48. The largest absolute Gasteiger partial charge is 0.416 e. The lowest BCUT2D eigenvalue weighted by Crippen LogP contribution is -2.07. The molecule has 0 atom stereocenters. The van der Waals surface area contributed by atoms with Crippen molar-refractivity contribution in [2.45, 2.75) is 36.0 Å². The molecule has 7 nitrogen and oxygen atoms in total. The van der Waals surface area contributed by atoms with E-state index in [1.165, 1.54) is 28.6 Å². The molecule has 2 aromatic heterocycles. The highest BCUT2D eigenvalue weighted by Gasteiger charge is 2.30. The Kier molecular flexibility index (Phi) is 3.94. The standard InChI is InChI=1S/C14H12F3N7S/c15-14(16,17)9-1-3-11(4-2-9)24-12(19-21-22-24)7-25-13-20-18-8-23(13)10-5-6-10/h1-4,8,10H,5-7H2. The van der Waals surface area contributed by atoms with Crippen LogP contribution >= 0.6 is 11.8 Å². The molecule has 4 rings (SSSR count). The fourth-order valence-corrected chi connectivity index (χ4v) is 3.24. The van der Waals surface area contributed by atoms with Gasteiger partial charge in [-0.25, -0.2) is 0 Å². The Bertz CT molecular complexity index is 867. The van der Waals surface area contributed by atoms with Crippen LogP contribution in [0.4, 0.5) is 13.2 Å². The summed E-state index contributed by atoms with van der Waals surface area (Å²) in [6.45, 7) is 0. The summed E-state index contributed by atoms with van der Waals surface area (Å²) in [5, 5.41) is 20.2. The summed E-state index contributed by atoms with van der Waals surface area (Å²) in [6, 6.07) is 5.18. The molecule has 0 amide bonds. The monoisotopic (exact) mass is 367 g/mol. The second-order valence-electron chi connectivity index (χ2n) is 5.59. The number of thioether (sulfide) groups is 1. The quantitative estimate of drug-likeness (QED) is 0.646. The number of aromatic nitrogens is 7.